The van der Waals surface area contributed by atoms with Crippen LogP contribution in [0.4, 0.5) is 32.0 Å². The second-order valence-corrected chi connectivity index (χ2v) is 13.8. The van der Waals surface area contributed by atoms with Crippen molar-refractivity contribution in [2.45, 2.75) is 76.6 Å². The molecule has 1 fully saturated rings. The molecule has 0 aromatic heterocycles. The normalized spacial score (nSPS) is 23.2. The molecule has 1 saturated carbocycles. The van der Waals surface area contributed by atoms with Crippen LogP contribution in [0.1, 0.15) is 62.8 Å². The Labute approximate surface area is 227 Å². The van der Waals surface area contributed by atoms with Gasteiger partial charge in [0.2, 0.25) is 0 Å². The zero-order valence-electron chi connectivity index (χ0n) is 21.8. The Morgan fingerprint density at radius 3 is 2.20 bits per heavy atom. The van der Waals surface area contributed by atoms with E-state index in [0.29, 0.717) is 12.8 Å². The predicted molar refractivity (Wildman–Crippen MR) is 129 cm³/mol. The van der Waals surface area contributed by atoms with E-state index in [1.54, 1.807) is 0 Å². The quantitative estimate of drug-likeness (QED) is 0.204. The van der Waals surface area contributed by atoms with E-state index in [9.17, 15) is 53.1 Å². The molecule has 0 spiro atoms. The summed E-state index contributed by atoms with van der Waals surface area (Å²) in [6.07, 6.45) is -1.79. The molecular formula is C23H29F6NO8S2. The van der Waals surface area contributed by atoms with Gasteiger partial charge in [-0.05, 0) is 55.6 Å². The van der Waals surface area contributed by atoms with E-state index in [4.69, 9.17) is 4.74 Å². The third-order valence-corrected chi connectivity index (χ3v) is 9.72. The summed E-state index contributed by atoms with van der Waals surface area (Å²) in [6, 6.07) is 0.796. The topological polar surface area (TPSA) is 127 Å². The molecule has 4 atom stereocenters. The first-order chi connectivity index (χ1) is 18.1. The van der Waals surface area contributed by atoms with E-state index in [0.717, 1.165) is 19.4 Å². The number of alkyl halides is 6. The molecule has 3 rings (SSSR count). The zero-order chi connectivity index (χ0) is 30.6. The van der Waals surface area contributed by atoms with Gasteiger partial charge in [0.15, 0.2) is 11.9 Å². The van der Waals surface area contributed by atoms with Crippen molar-refractivity contribution in [1.29, 1.82) is 0 Å². The highest BCUT2D eigenvalue weighted by molar-refractivity contribution is 7.93. The number of ether oxygens (including phenoxy) is 1. The number of aliphatic hydroxyl groups is 1. The fourth-order valence-corrected chi connectivity index (χ4v) is 6.68. The van der Waals surface area contributed by atoms with Gasteiger partial charge in [-0.1, -0.05) is 27.2 Å². The number of anilines is 1. The Hall–Kier alpha value is -2.27. The lowest BCUT2D eigenvalue weighted by Crippen LogP contribution is -2.39. The van der Waals surface area contributed by atoms with Crippen LogP contribution in [-0.2, 0) is 36.1 Å². The van der Waals surface area contributed by atoms with Gasteiger partial charge in [0, 0.05) is 17.7 Å². The molecule has 1 aromatic carbocycles. The maximum atomic E-state index is 13.3. The zero-order valence-corrected chi connectivity index (χ0v) is 23.5. The average molecular weight is 626 g/mol. The van der Waals surface area contributed by atoms with Crippen LogP contribution in [-0.4, -0.2) is 51.6 Å². The van der Waals surface area contributed by atoms with Crippen LogP contribution >= 0.6 is 0 Å². The minimum absolute atomic E-state index is 0.0709. The van der Waals surface area contributed by atoms with Crippen molar-refractivity contribution in [3.05, 3.63) is 22.8 Å². The fourth-order valence-electron chi connectivity index (χ4n) is 5.17. The molecule has 1 aliphatic heterocycles. The Bertz CT molecular complexity index is 1360. The molecule has 1 aliphatic carbocycles. The lowest BCUT2D eigenvalue weighted by Gasteiger charge is -2.37. The molecule has 1 heterocycles. The van der Waals surface area contributed by atoms with Gasteiger partial charge in [0.05, 0.1) is 5.69 Å². The largest absolute Gasteiger partial charge is 0.534 e. The van der Waals surface area contributed by atoms with Gasteiger partial charge in [-0.25, -0.2) is 4.79 Å². The van der Waals surface area contributed by atoms with E-state index in [-0.39, 0.29) is 22.1 Å². The summed E-state index contributed by atoms with van der Waals surface area (Å²) >= 11 is 0. The Morgan fingerprint density at radius 1 is 1.07 bits per heavy atom. The van der Waals surface area contributed by atoms with Crippen LogP contribution in [0.2, 0.25) is 0 Å². The number of nitrogens with zero attached hydrogens (tertiary/aromatic N) is 1. The maximum Gasteiger partial charge on any atom is 0.534 e. The number of carbonyl (C=O) groups excluding carboxylic acids is 1. The van der Waals surface area contributed by atoms with E-state index in [1.165, 1.54) is 0 Å². The molecule has 0 radical (unpaired) electrons. The molecule has 40 heavy (non-hydrogen) atoms. The maximum absolute atomic E-state index is 13.3. The minimum Gasteiger partial charge on any atom is -0.460 e. The lowest BCUT2D eigenvalue weighted by atomic mass is 9.75. The molecule has 1 aromatic rings. The smallest absolute Gasteiger partial charge is 0.460 e. The Morgan fingerprint density at radius 2 is 1.68 bits per heavy atom. The third kappa shape index (κ3) is 6.00. The van der Waals surface area contributed by atoms with Gasteiger partial charge in [-0.3, -0.25) is 4.31 Å². The van der Waals surface area contributed by atoms with E-state index >= 15 is 0 Å². The Balaban J connectivity index is 2.13. The number of fused-ring (bicyclic) bond motifs is 1. The van der Waals surface area contributed by atoms with Gasteiger partial charge in [-0.15, -0.1) is 0 Å². The van der Waals surface area contributed by atoms with Gasteiger partial charge < -0.3 is 14.0 Å². The highest BCUT2D eigenvalue weighted by Crippen LogP contribution is 2.47. The molecule has 3 unspecified atom stereocenters. The third-order valence-electron chi connectivity index (χ3n) is 7.22. The number of esters is 1. The predicted octanol–water partition coefficient (Wildman–Crippen LogP) is 4.47. The molecule has 1 N–H and O–H groups in total. The minimum atomic E-state index is -6.46. The van der Waals surface area contributed by atoms with Crippen molar-refractivity contribution in [2.75, 3.05) is 10.8 Å². The number of rotatable bonds is 7. The van der Waals surface area contributed by atoms with E-state index in [1.807, 2.05) is 20.8 Å². The van der Waals surface area contributed by atoms with Crippen LogP contribution in [0.3, 0.4) is 0 Å². The van der Waals surface area contributed by atoms with Crippen molar-refractivity contribution in [3.63, 3.8) is 0 Å². The molecule has 228 valence electrons. The molecule has 9 nitrogen and oxygen atoms in total. The summed E-state index contributed by atoms with van der Waals surface area (Å²) < 4.78 is 137. The average Bonchev–Trinajstić information content (AvgIpc) is 3.21. The molecule has 0 amide bonds. The van der Waals surface area contributed by atoms with Crippen LogP contribution in [0.25, 0.3) is 0 Å². The summed E-state index contributed by atoms with van der Waals surface area (Å²) in [6.45, 7) is 5.84. The van der Waals surface area contributed by atoms with Crippen molar-refractivity contribution >= 4 is 31.8 Å². The summed E-state index contributed by atoms with van der Waals surface area (Å²) in [5, 5.41) is 10.9. The molecule has 0 bridgehead atoms. The highest BCUT2D eigenvalue weighted by Gasteiger charge is 2.54. The molecule has 0 saturated heterocycles. The Kier molecular flexibility index (Phi) is 8.75. The summed E-state index contributed by atoms with van der Waals surface area (Å²) in [4.78, 5) is 13.1. The lowest BCUT2D eigenvalue weighted by molar-refractivity contribution is -0.166. The number of aliphatic hydroxyl groups excluding tert-OH is 1. The number of sulfonamides is 1. The van der Waals surface area contributed by atoms with Gasteiger partial charge in [0.1, 0.15) is 6.10 Å². The molecule has 2 aliphatic rings. The van der Waals surface area contributed by atoms with E-state index in [2.05, 4.69) is 4.18 Å². The van der Waals surface area contributed by atoms with E-state index < -0.39 is 90.4 Å². The number of carbonyl (C=O) groups is 1. The first-order valence-electron chi connectivity index (χ1n) is 12.2. The number of hydrogen-bond acceptors (Lipinski definition) is 8. The highest BCUT2D eigenvalue weighted by atomic mass is 32.2. The first-order valence-corrected chi connectivity index (χ1v) is 15.1. The van der Waals surface area contributed by atoms with Crippen molar-refractivity contribution < 1.29 is 62.0 Å². The monoisotopic (exact) mass is 625 g/mol. The second kappa shape index (κ2) is 10.9. The fraction of sp³-hybridized carbons (Fsp3) is 0.696. The molecule has 17 heteroatoms. The van der Waals surface area contributed by atoms with Crippen LogP contribution < -0.4 is 8.49 Å². The SMILES string of the molecule is Cc1cc2c(c(OS(=O)(=O)C(F)(F)F)c1[C@H](O)C(=O)OC1CC(C)CCC1C(C)C)CCN2S(=O)(=O)C(F)(F)F. The van der Waals surface area contributed by atoms with Gasteiger partial charge in [0.25, 0.3) is 0 Å². The number of aryl methyl sites for hydroxylation is 1. The van der Waals surface area contributed by atoms with Crippen LogP contribution in [0.5, 0.6) is 5.75 Å². The standard InChI is InChI=1S/C23H29F6NO8S2/c1-11(2)14-6-5-12(3)9-17(14)37-21(32)19(31)18-13(4)10-16-15(20(18)38-40(35,36)23(27,28)29)7-8-30(16)39(33,34)22(24,25)26/h10-12,14,17,19,31H,5-9H2,1-4H3/t12?,14?,17?,19-/m0/s1. The van der Waals surface area contributed by atoms with Crippen molar-refractivity contribution in [3.8, 4) is 5.75 Å². The summed E-state index contributed by atoms with van der Waals surface area (Å²) in [5.41, 5.74) is -14.5. The summed E-state index contributed by atoms with van der Waals surface area (Å²) in [5.74, 6) is -2.49. The number of benzene rings is 1. The number of hydrogen-bond donors (Lipinski definition) is 1. The first kappa shape index (κ1) is 32.2. The summed E-state index contributed by atoms with van der Waals surface area (Å²) in [7, 11) is -12.5. The second-order valence-electron chi connectivity index (χ2n) is 10.4. The van der Waals surface area contributed by atoms with Gasteiger partial charge in [-0.2, -0.15) is 43.2 Å². The van der Waals surface area contributed by atoms with Crippen molar-refractivity contribution in [1.82, 2.24) is 0 Å². The van der Waals surface area contributed by atoms with Gasteiger partial charge >= 0.3 is 37.1 Å². The van der Waals surface area contributed by atoms with Crippen molar-refractivity contribution in [2.24, 2.45) is 17.8 Å². The van der Waals surface area contributed by atoms with Crippen LogP contribution in [0, 0.1) is 24.7 Å². The molecular weight excluding hydrogens is 596 g/mol. The van der Waals surface area contributed by atoms with Crippen LogP contribution in [0.15, 0.2) is 6.07 Å². The number of halogens is 6.